The number of nitrogens with two attached hydrogens (primary N) is 1. The van der Waals surface area contributed by atoms with Gasteiger partial charge >= 0.3 is 0 Å². The van der Waals surface area contributed by atoms with Crippen LogP contribution in [0.5, 0.6) is 0 Å². The Balaban J connectivity index is 2.80. The van der Waals surface area contributed by atoms with Crippen LogP contribution in [0.4, 0.5) is 5.69 Å². The second kappa shape index (κ2) is 4.16. The number of hydrogen-bond donors (Lipinski definition) is 2. The highest BCUT2D eigenvalue weighted by Crippen LogP contribution is 2.14. The maximum absolute atomic E-state index is 8.76. The third-order valence-electron chi connectivity index (χ3n) is 1.94. The summed E-state index contributed by atoms with van der Waals surface area (Å²) < 4.78 is 2.01. The molecule has 1 aromatic heterocycles. The first-order valence-electron chi connectivity index (χ1n) is 4.34. The largest absolute Gasteiger partial charge is 0.397 e. The van der Waals surface area contributed by atoms with Crippen molar-refractivity contribution in [2.24, 2.45) is 0 Å². The number of rotatable bonds is 4. The molecule has 3 heteroatoms. The van der Waals surface area contributed by atoms with Crippen LogP contribution in [0.25, 0.3) is 0 Å². The standard InChI is InChI=1S/C9H16N2O/c1-2-3-9-8(10)4-5-11(9)6-7-12/h4-5,12H,2-3,6-7,10H2,1H3. The Morgan fingerprint density at radius 3 is 2.92 bits per heavy atom. The minimum atomic E-state index is 0.171. The molecule has 12 heavy (non-hydrogen) atoms. The molecule has 0 aliphatic heterocycles. The van der Waals surface area contributed by atoms with Crippen LogP contribution < -0.4 is 5.73 Å². The monoisotopic (exact) mass is 168 g/mol. The quantitative estimate of drug-likeness (QED) is 0.705. The Kier molecular flexibility index (Phi) is 3.17. The molecule has 68 valence electrons. The van der Waals surface area contributed by atoms with Gasteiger partial charge in [0.15, 0.2) is 0 Å². The molecule has 0 fully saturated rings. The summed E-state index contributed by atoms with van der Waals surface area (Å²) in [6, 6.07) is 1.89. The van der Waals surface area contributed by atoms with Gasteiger partial charge in [0, 0.05) is 18.4 Å². The van der Waals surface area contributed by atoms with Crippen LogP contribution in [-0.2, 0) is 13.0 Å². The zero-order chi connectivity index (χ0) is 8.97. The zero-order valence-corrected chi connectivity index (χ0v) is 7.45. The molecule has 1 rings (SSSR count). The highest BCUT2D eigenvalue weighted by Gasteiger charge is 2.03. The van der Waals surface area contributed by atoms with E-state index in [9.17, 15) is 0 Å². The molecule has 0 aliphatic carbocycles. The van der Waals surface area contributed by atoms with Crippen molar-refractivity contribution in [3.63, 3.8) is 0 Å². The number of anilines is 1. The van der Waals surface area contributed by atoms with Gasteiger partial charge in [-0.15, -0.1) is 0 Å². The molecule has 1 aromatic rings. The molecule has 0 spiro atoms. The lowest BCUT2D eigenvalue weighted by molar-refractivity contribution is 0.274. The summed E-state index contributed by atoms with van der Waals surface area (Å²) in [6.45, 7) is 2.94. The van der Waals surface area contributed by atoms with Gasteiger partial charge in [-0.3, -0.25) is 0 Å². The van der Waals surface area contributed by atoms with Crippen molar-refractivity contribution >= 4 is 5.69 Å². The van der Waals surface area contributed by atoms with E-state index in [1.807, 2.05) is 16.8 Å². The van der Waals surface area contributed by atoms with Gasteiger partial charge in [-0.25, -0.2) is 0 Å². The van der Waals surface area contributed by atoms with Gasteiger partial charge in [0.2, 0.25) is 0 Å². The molecule has 0 bridgehead atoms. The Morgan fingerprint density at radius 2 is 2.33 bits per heavy atom. The smallest absolute Gasteiger partial charge is 0.0610 e. The van der Waals surface area contributed by atoms with Gasteiger partial charge < -0.3 is 15.4 Å². The maximum atomic E-state index is 8.76. The topological polar surface area (TPSA) is 51.2 Å². The number of aromatic nitrogens is 1. The second-order valence-electron chi connectivity index (χ2n) is 2.88. The Bertz CT molecular complexity index is 243. The van der Waals surface area contributed by atoms with Gasteiger partial charge in [-0.05, 0) is 12.5 Å². The fourth-order valence-corrected chi connectivity index (χ4v) is 1.36. The van der Waals surface area contributed by atoms with E-state index in [-0.39, 0.29) is 6.61 Å². The Labute approximate surface area is 72.8 Å². The predicted octanol–water partition coefficient (Wildman–Crippen LogP) is 1.02. The minimum absolute atomic E-state index is 0.171. The molecular formula is C9H16N2O. The van der Waals surface area contributed by atoms with Crippen LogP contribution in [-0.4, -0.2) is 16.3 Å². The van der Waals surface area contributed by atoms with Crippen molar-refractivity contribution < 1.29 is 5.11 Å². The van der Waals surface area contributed by atoms with E-state index in [4.69, 9.17) is 10.8 Å². The van der Waals surface area contributed by atoms with Crippen LogP contribution in [0, 0.1) is 0 Å². The summed E-state index contributed by atoms with van der Waals surface area (Å²) >= 11 is 0. The molecule has 3 nitrogen and oxygen atoms in total. The SMILES string of the molecule is CCCc1c(N)ccn1CCO. The molecule has 0 radical (unpaired) electrons. The van der Waals surface area contributed by atoms with Crippen molar-refractivity contribution in [2.45, 2.75) is 26.3 Å². The molecule has 0 aromatic carbocycles. The molecule has 0 unspecified atom stereocenters. The Hall–Kier alpha value is -0.960. The van der Waals surface area contributed by atoms with Gasteiger partial charge in [-0.1, -0.05) is 13.3 Å². The van der Waals surface area contributed by atoms with Crippen LogP contribution in [0.2, 0.25) is 0 Å². The van der Waals surface area contributed by atoms with Crippen molar-refractivity contribution in [1.29, 1.82) is 0 Å². The molecule has 1 heterocycles. The summed E-state index contributed by atoms with van der Waals surface area (Å²) in [6.07, 6.45) is 4.00. The summed E-state index contributed by atoms with van der Waals surface area (Å²) in [4.78, 5) is 0. The third-order valence-corrected chi connectivity index (χ3v) is 1.94. The van der Waals surface area contributed by atoms with Crippen LogP contribution in [0.3, 0.4) is 0 Å². The number of aliphatic hydroxyl groups is 1. The van der Waals surface area contributed by atoms with Crippen molar-refractivity contribution in [2.75, 3.05) is 12.3 Å². The van der Waals surface area contributed by atoms with E-state index in [0.29, 0.717) is 6.54 Å². The average Bonchev–Trinajstić information content (AvgIpc) is 2.37. The third kappa shape index (κ3) is 1.80. The lowest BCUT2D eigenvalue weighted by Gasteiger charge is -2.06. The van der Waals surface area contributed by atoms with Gasteiger partial charge in [-0.2, -0.15) is 0 Å². The molecular weight excluding hydrogens is 152 g/mol. The molecule has 0 amide bonds. The van der Waals surface area contributed by atoms with E-state index in [1.54, 1.807) is 0 Å². The highest BCUT2D eigenvalue weighted by atomic mass is 16.3. The number of hydrogen-bond acceptors (Lipinski definition) is 2. The molecule has 0 saturated heterocycles. The maximum Gasteiger partial charge on any atom is 0.0610 e. The zero-order valence-electron chi connectivity index (χ0n) is 7.45. The van der Waals surface area contributed by atoms with E-state index in [0.717, 1.165) is 24.2 Å². The number of nitrogens with zero attached hydrogens (tertiary/aromatic N) is 1. The molecule has 3 N–H and O–H groups in total. The van der Waals surface area contributed by atoms with E-state index in [1.165, 1.54) is 0 Å². The molecule has 0 atom stereocenters. The molecule has 0 aliphatic rings. The Morgan fingerprint density at radius 1 is 1.58 bits per heavy atom. The van der Waals surface area contributed by atoms with Gasteiger partial charge in [0.05, 0.1) is 12.3 Å². The number of nitrogen functional groups attached to an aromatic ring is 1. The van der Waals surface area contributed by atoms with Crippen LogP contribution in [0.15, 0.2) is 12.3 Å². The van der Waals surface area contributed by atoms with E-state index < -0.39 is 0 Å². The van der Waals surface area contributed by atoms with Crippen molar-refractivity contribution in [3.8, 4) is 0 Å². The van der Waals surface area contributed by atoms with Gasteiger partial charge in [0.25, 0.3) is 0 Å². The fourth-order valence-electron chi connectivity index (χ4n) is 1.36. The first-order valence-corrected chi connectivity index (χ1v) is 4.34. The predicted molar refractivity (Wildman–Crippen MR) is 49.9 cm³/mol. The summed E-state index contributed by atoms with van der Waals surface area (Å²) in [5.41, 5.74) is 7.74. The van der Waals surface area contributed by atoms with Crippen molar-refractivity contribution in [3.05, 3.63) is 18.0 Å². The number of aliphatic hydroxyl groups excluding tert-OH is 1. The first-order chi connectivity index (χ1) is 5.79. The first kappa shape index (κ1) is 9.13. The average molecular weight is 168 g/mol. The fraction of sp³-hybridized carbons (Fsp3) is 0.556. The van der Waals surface area contributed by atoms with Crippen LogP contribution >= 0.6 is 0 Å². The summed E-state index contributed by atoms with van der Waals surface area (Å²) in [5.74, 6) is 0. The lowest BCUT2D eigenvalue weighted by Crippen LogP contribution is -2.06. The highest BCUT2D eigenvalue weighted by molar-refractivity contribution is 5.44. The normalized spacial score (nSPS) is 10.5. The lowest BCUT2D eigenvalue weighted by atomic mass is 10.2. The van der Waals surface area contributed by atoms with E-state index in [2.05, 4.69) is 6.92 Å². The van der Waals surface area contributed by atoms with E-state index >= 15 is 0 Å². The van der Waals surface area contributed by atoms with Crippen molar-refractivity contribution in [1.82, 2.24) is 4.57 Å². The minimum Gasteiger partial charge on any atom is -0.397 e. The second-order valence-corrected chi connectivity index (χ2v) is 2.88. The summed E-state index contributed by atoms with van der Waals surface area (Å²) in [5, 5.41) is 8.76. The van der Waals surface area contributed by atoms with Gasteiger partial charge in [0.1, 0.15) is 0 Å². The summed E-state index contributed by atoms with van der Waals surface area (Å²) in [7, 11) is 0. The van der Waals surface area contributed by atoms with Crippen LogP contribution in [0.1, 0.15) is 19.0 Å². The molecule has 0 saturated carbocycles.